The topological polar surface area (TPSA) is 74.1 Å². The summed E-state index contributed by atoms with van der Waals surface area (Å²) in [5.41, 5.74) is 4.21. The molecule has 5 nitrogen and oxygen atoms in total. The number of carbonyl (C=O) groups is 1. The molecule has 0 aliphatic heterocycles. The van der Waals surface area contributed by atoms with Crippen LogP contribution in [0, 0.1) is 11.3 Å². The van der Waals surface area contributed by atoms with E-state index in [1.807, 2.05) is 13.0 Å². The van der Waals surface area contributed by atoms with Gasteiger partial charge in [-0.25, -0.2) is 0 Å². The second-order valence-corrected chi connectivity index (χ2v) is 6.84. The Morgan fingerprint density at radius 3 is 2.78 bits per heavy atom. The Morgan fingerprint density at radius 2 is 2.07 bits per heavy atom. The molecule has 146 valence electrons. The molecule has 2 rings (SSSR count). The van der Waals surface area contributed by atoms with Crippen molar-refractivity contribution < 1.29 is 9.53 Å². The summed E-state index contributed by atoms with van der Waals surface area (Å²) in [6.45, 7) is 5.82. The van der Waals surface area contributed by atoms with Gasteiger partial charge in [-0.1, -0.05) is 25.1 Å². The van der Waals surface area contributed by atoms with Crippen LogP contribution in [0.25, 0.3) is 0 Å². The molecule has 0 saturated carbocycles. The van der Waals surface area contributed by atoms with Gasteiger partial charge in [0.2, 0.25) is 0 Å². The normalized spacial score (nSPS) is 14.8. The van der Waals surface area contributed by atoms with E-state index in [1.165, 1.54) is 36.0 Å². The molecule has 2 N–H and O–H groups in total. The predicted octanol–water partition coefficient (Wildman–Crippen LogP) is 3.56. The van der Waals surface area contributed by atoms with Crippen LogP contribution in [0.5, 0.6) is 0 Å². The van der Waals surface area contributed by atoms with Gasteiger partial charge in [-0.05, 0) is 62.1 Å². The van der Waals surface area contributed by atoms with E-state index in [0.717, 1.165) is 19.3 Å². The van der Waals surface area contributed by atoms with Crippen LogP contribution in [0.3, 0.4) is 0 Å². The van der Waals surface area contributed by atoms with Crippen LogP contribution in [-0.4, -0.2) is 25.7 Å². The zero-order chi connectivity index (χ0) is 19.5. The molecule has 1 aromatic rings. The van der Waals surface area contributed by atoms with Crippen LogP contribution < -0.4 is 10.6 Å². The second kappa shape index (κ2) is 11.4. The highest BCUT2D eigenvalue weighted by Crippen LogP contribution is 2.26. The van der Waals surface area contributed by atoms with E-state index in [4.69, 9.17) is 4.74 Å². The Hall–Kier alpha value is -2.32. The lowest BCUT2D eigenvalue weighted by atomic mass is 9.89. The Kier molecular flexibility index (Phi) is 8.86. The van der Waals surface area contributed by atoms with Crippen molar-refractivity contribution in [1.29, 1.82) is 5.26 Å². The number of nitriles is 1. The standard InChI is InChI=1S/C22H31N3O2/c1-3-21(19-11-10-17-8-5-6-9-18(17)14-19)25-16-20(15-23)22(26)24-12-7-13-27-4-2/h10-11,14,16,21,25H,3-9,12-13H2,1-2H3,(H,24,26)/b20-16-. The SMILES string of the molecule is CCOCCCNC(=O)/C(C#N)=C\NC(CC)c1ccc2c(c1)CCCC2. The summed E-state index contributed by atoms with van der Waals surface area (Å²) >= 11 is 0. The fourth-order valence-electron chi connectivity index (χ4n) is 3.37. The van der Waals surface area contributed by atoms with Crippen LogP contribution in [0.1, 0.15) is 62.3 Å². The van der Waals surface area contributed by atoms with E-state index in [9.17, 15) is 10.1 Å². The third kappa shape index (κ3) is 6.41. The zero-order valence-electron chi connectivity index (χ0n) is 16.5. The maximum Gasteiger partial charge on any atom is 0.263 e. The van der Waals surface area contributed by atoms with Crippen molar-refractivity contribution in [3.05, 3.63) is 46.7 Å². The quantitative estimate of drug-likeness (QED) is 0.376. The number of nitrogens with one attached hydrogen (secondary N) is 2. The molecule has 1 atom stereocenters. The molecule has 1 aliphatic carbocycles. The van der Waals surface area contributed by atoms with E-state index in [1.54, 1.807) is 6.20 Å². The number of amides is 1. The van der Waals surface area contributed by atoms with Crippen molar-refractivity contribution >= 4 is 5.91 Å². The molecule has 0 spiro atoms. The molecule has 1 amide bonds. The average Bonchev–Trinajstić information content (AvgIpc) is 2.70. The molecule has 0 fully saturated rings. The minimum Gasteiger partial charge on any atom is -0.383 e. The molecular weight excluding hydrogens is 338 g/mol. The Morgan fingerprint density at radius 1 is 1.30 bits per heavy atom. The molecule has 0 heterocycles. The summed E-state index contributed by atoms with van der Waals surface area (Å²) in [6, 6.07) is 8.76. The third-order valence-corrected chi connectivity index (χ3v) is 4.93. The van der Waals surface area contributed by atoms with Crippen LogP contribution in [0.15, 0.2) is 30.0 Å². The van der Waals surface area contributed by atoms with E-state index >= 15 is 0 Å². The molecule has 5 heteroatoms. The Labute approximate surface area is 162 Å². The number of hydrogen-bond acceptors (Lipinski definition) is 4. The number of rotatable bonds is 10. The highest BCUT2D eigenvalue weighted by Gasteiger charge is 2.14. The fraction of sp³-hybridized carbons (Fsp3) is 0.545. The van der Waals surface area contributed by atoms with Gasteiger partial charge in [0, 0.05) is 26.0 Å². The second-order valence-electron chi connectivity index (χ2n) is 6.84. The number of aryl methyl sites for hydroxylation is 2. The molecule has 0 aromatic heterocycles. The molecule has 0 radical (unpaired) electrons. The highest BCUT2D eigenvalue weighted by molar-refractivity contribution is 5.97. The summed E-state index contributed by atoms with van der Waals surface area (Å²) < 4.78 is 5.24. The van der Waals surface area contributed by atoms with E-state index in [-0.39, 0.29) is 17.5 Å². The first-order valence-corrected chi connectivity index (χ1v) is 10.0. The van der Waals surface area contributed by atoms with E-state index in [2.05, 4.69) is 35.8 Å². The lowest BCUT2D eigenvalue weighted by molar-refractivity contribution is -0.117. The van der Waals surface area contributed by atoms with Gasteiger partial charge in [0.25, 0.3) is 5.91 Å². The molecule has 1 unspecified atom stereocenters. The largest absolute Gasteiger partial charge is 0.383 e. The van der Waals surface area contributed by atoms with Gasteiger partial charge < -0.3 is 15.4 Å². The number of fused-ring (bicyclic) bond motifs is 1. The van der Waals surface area contributed by atoms with Gasteiger partial charge in [-0.2, -0.15) is 5.26 Å². The predicted molar refractivity (Wildman–Crippen MR) is 107 cm³/mol. The first-order chi connectivity index (χ1) is 13.2. The number of hydrogen-bond donors (Lipinski definition) is 2. The minimum absolute atomic E-state index is 0.0892. The van der Waals surface area contributed by atoms with Crippen molar-refractivity contribution in [3.8, 4) is 6.07 Å². The van der Waals surface area contributed by atoms with Crippen LogP contribution in [0.4, 0.5) is 0 Å². The molecule has 1 aromatic carbocycles. The lowest BCUT2D eigenvalue weighted by Crippen LogP contribution is -2.28. The van der Waals surface area contributed by atoms with Gasteiger partial charge in [-0.15, -0.1) is 0 Å². The monoisotopic (exact) mass is 369 g/mol. The molecule has 0 bridgehead atoms. The Bertz CT molecular complexity index is 691. The van der Waals surface area contributed by atoms with E-state index < -0.39 is 0 Å². The maximum absolute atomic E-state index is 12.2. The van der Waals surface area contributed by atoms with Crippen molar-refractivity contribution in [2.75, 3.05) is 19.8 Å². The van der Waals surface area contributed by atoms with Crippen molar-refractivity contribution in [1.82, 2.24) is 10.6 Å². The van der Waals surface area contributed by atoms with Crippen molar-refractivity contribution in [2.45, 2.75) is 58.4 Å². The Balaban J connectivity index is 1.95. The summed E-state index contributed by atoms with van der Waals surface area (Å²) in [6.07, 6.45) is 8.00. The lowest BCUT2D eigenvalue weighted by Gasteiger charge is -2.21. The number of carbonyl (C=O) groups excluding carboxylic acids is 1. The zero-order valence-corrected chi connectivity index (χ0v) is 16.5. The van der Waals surface area contributed by atoms with Crippen LogP contribution >= 0.6 is 0 Å². The first kappa shape index (κ1) is 21.0. The molecule has 0 saturated heterocycles. The van der Waals surface area contributed by atoms with Crippen LogP contribution in [0.2, 0.25) is 0 Å². The molecule has 1 aliphatic rings. The minimum atomic E-state index is -0.346. The van der Waals surface area contributed by atoms with Crippen LogP contribution in [-0.2, 0) is 22.4 Å². The average molecular weight is 370 g/mol. The van der Waals surface area contributed by atoms with Gasteiger partial charge in [0.1, 0.15) is 11.6 Å². The highest BCUT2D eigenvalue weighted by atomic mass is 16.5. The number of benzene rings is 1. The first-order valence-electron chi connectivity index (χ1n) is 10.0. The van der Waals surface area contributed by atoms with Gasteiger partial charge in [0.05, 0.1) is 6.04 Å². The third-order valence-electron chi connectivity index (χ3n) is 4.93. The summed E-state index contributed by atoms with van der Waals surface area (Å²) in [5.74, 6) is -0.346. The van der Waals surface area contributed by atoms with Gasteiger partial charge in [-0.3, -0.25) is 4.79 Å². The number of nitrogens with zero attached hydrogens (tertiary/aromatic N) is 1. The van der Waals surface area contributed by atoms with E-state index in [0.29, 0.717) is 19.8 Å². The van der Waals surface area contributed by atoms with Crippen molar-refractivity contribution in [3.63, 3.8) is 0 Å². The maximum atomic E-state index is 12.2. The summed E-state index contributed by atoms with van der Waals surface area (Å²) in [7, 11) is 0. The fourth-order valence-corrected chi connectivity index (χ4v) is 3.37. The summed E-state index contributed by atoms with van der Waals surface area (Å²) in [5, 5.41) is 15.3. The smallest absolute Gasteiger partial charge is 0.263 e. The van der Waals surface area contributed by atoms with Crippen molar-refractivity contribution in [2.24, 2.45) is 0 Å². The van der Waals surface area contributed by atoms with Gasteiger partial charge in [0.15, 0.2) is 0 Å². The number of ether oxygens (including phenoxy) is 1. The van der Waals surface area contributed by atoms with Gasteiger partial charge >= 0.3 is 0 Å². The molecular formula is C22H31N3O2. The summed E-state index contributed by atoms with van der Waals surface area (Å²) in [4.78, 5) is 12.2. The molecule has 27 heavy (non-hydrogen) atoms.